The first-order valence-corrected chi connectivity index (χ1v) is 10.0. The van der Waals surface area contributed by atoms with E-state index in [2.05, 4.69) is 31.3 Å². The molecule has 1 aliphatic rings. The zero-order valence-corrected chi connectivity index (χ0v) is 16.6. The minimum atomic E-state index is -0.609. The summed E-state index contributed by atoms with van der Waals surface area (Å²) in [7, 11) is 0. The number of nitrogens with one attached hydrogen (secondary N) is 1. The molecule has 1 unspecified atom stereocenters. The highest BCUT2D eigenvalue weighted by molar-refractivity contribution is 6.02. The van der Waals surface area contributed by atoms with E-state index < -0.39 is 5.66 Å². The smallest absolute Gasteiger partial charge is 0.258 e. The maximum absolute atomic E-state index is 13.0. The molecule has 1 N–H and O–H groups in total. The Hall–Kier alpha value is -2.49. The van der Waals surface area contributed by atoms with E-state index in [0.717, 1.165) is 35.6 Å². The van der Waals surface area contributed by atoms with Crippen LogP contribution in [0.5, 0.6) is 5.75 Å². The number of benzene rings is 2. The third kappa shape index (κ3) is 3.95. The van der Waals surface area contributed by atoms with E-state index in [9.17, 15) is 4.79 Å². The lowest BCUT2D eigenvalue weighted by Gasteiger charge is -2.46. The Morgan fingerprint density at radius 1 is 1.04 bits per heavy atom. The van der Waals surface area contributed by atoms with Crippen molar-refractivity contribution in [1.82, 2.24) is 4.90 Å². The quantitative estimate of drug-likeness (QED) is 0.636. The fraction of sp³-hybridized carbons (Fsp3) is 0.435. The van der Waals surface area contributed by atoms with E-state index in [1.807, 2.05) is 48.2 Å². The topological polar surface area (TPSA) is 41.6 Å². The summed E-state index contributed by atoms with van der Waals surface area (Å²) < 4.78 is 5.96. The van der Waals surface area contributed by atoms with Gasteiger partial charge in [-0.15, -0.1) is 0 Å². The molecule has 1 heterocycles. The highest BCUT2D eigenvalue weighted by Gasteiger charge is 2.41. The molecule has 0 radical (unpaired) electrons. The van der Waals surface area contributed by atoms with Crippen molar-refractivity contribution in [2.24, 2.45) is 0 Å². The second-order valence-electron chi connectivity index (χ2n) is 7.23. The number of ether oxygens (including phenoxy) is 1. The Morgan fingerprint density at radius 3 is 2.63 bits per heavy atom. The van der Waals surface area contributed by atoms with Crippen molar-refractivity contribution >= 4 is 11.6 Å². The molecule has 2 aromatic carbocycles. The lowest BCUT2D eigenvalue weighted by Crippen LogP contribution is -2.55. The normalized spacial score (nSPS) is 18.8. The van der Waals surface area contributed by atoms with Crippen molar-refractivity contribution in [2.75, 3.05) is 18.5 Å². The highest BCUT2D eigenvalue weighted by Crippen LogP contribution is 2.38. The zero-order chi connectivity index (χ0) is 19.3. The Balaban J connectivity index is 1.83. The maximum Gasteiger partial charge on any atom is 0.258 e. The number of unbranched alkanes of at least 4 members (excludes halogenated alkanes) is 3. The molecule has 1 aliphatic heterocycles. The molecule has 27 heavy (non-hydrogen) atoms. The van der Waals surface area contributed by atoms with Gasteiger partial charge in [-0.1, -0.05) is 50.5 Å². The minimum absolute atomic E-state index is 0.0558. The average Bonchev–Trinajstić information content (AvgIpc) is 2.68. The minimum Gasteiger partial charge on any atom is -0.494 e. The molecule has 0 aliphatic carbocycles. The average molecular weight is 367 g/mol. The van der Waals surface area contributed by atoms with Gasteiger partial charge in [-0.2, -0.15) is 0 Å². The summed E-state index contributed by atoms with van der Waals surface area (Å²) in [5.41, 5.74) is 2.01. The van der Waals surface area contributed by atoms with Crippen molar-refractivity contribution in [3.05, 3.63) is 59.7 Å². The van der Waals surface area contributed by atoms with Crippen LogP contribution in [0.3, 0.4) is 0 Å². The van der Waals surface area contributed by atoms with E-state index in [0.29, 0.717) is 6.54 Å². The summed E-state index contributed by atoms with van der Waals surface area (Å²) in [5.74, 6) is 0.912. The van der Waals surface area contributed by atoms with E-state index in [1.165, 1.54) is 19.3 Å². The molecule has 0 saturated carbocycles. The molecular weight excluding hydrogens is 336 g/mol. The number of fused-ring (bicyclic) bond motifs is 1. The predicted molar refractivity (Wildman–Crippen MR) is 110 cm³/mol. The van der Waals surface area contributed by atoms with Gasteiger partial charge in [0.15, 0.2) is 0 Å². The molecule has 4 heteroatoms. The molecule has 3 rings (SSSR count). The first kappa shape index (κ1) is 19.3. The van der Waals surface area contributed by atoms with Crippen LogP contribution in [-0.2, 0) is 5.66 Å². The van der Waals surface area contributed by atoms with Gasteiger partial charge in [0.2, 0.25) is 0 Å². The molecule has 2 aromatic rings. The SMILES string of the molecule is CCCCCCOc1cccc(C2(C)Nc3ccccc3C(=O)N2CC)c1. The lowest BCUT2D eigenvalue weighted by atomic mass is 9.93. The van der Waals surface area contributed by atoms with Crippen molar-refractivity contribution in [1.29, 1.82) is 0 Å². The van der Waals surface area contributed by atoms with E-state index >= 15 is 0 Å². The summed E-state index contributed by atoms with van der Waals surface area (Å²) in [6.07, 6.45) is 4.74. The second-order valence-corrected chi connectivity index (χ2v) is 7.23. The number of hydrogen-bond acceptors (Lipinski definition) is 3. The van der Waals surface area contributed by atoms with Gasteiger partial charge in [-0.25, -0.2) is 0 Å². The van der Waals surface area contributed by atoms with E-state index in [1.54, 1.807) is 0 Å². The molecule has 0 bridgehead atoms. The van der Waals surface area contributed by atoms with Crippen LogP contribution >= 0.6 is 0 Å². The molecule has 1 amide bonds. The number of hydrogen-bond donors (Lipinski definition) is 1. The molecule has 0 spiro atoms. The van der Waals surface area contributed by atoms with E-state index in [-0.39, 0.29) is 5.91 Å². The summed E-state index contributed by atoms with van der Waals surface area (Å²) in [6, 6.07) is 15.8. The van der Waals surface area contributed by atoms with Gasteiger partial charge in [0.25, 0.3) is 5.91 Å². The number of carbonyl (C=O) groups excluding carboxylic acids is 1. The van der Waals surface area contributed by atoms with Crippen LogP contribution in [0.15, 0.2) is 48.5 Å². The standard InChI is InChI=1S/C23H30N2O2/c1-4-6-7-10-16-27-19-13-11-12-18(17-19)23(3)24-21-15-9-8-14-20(21)22(26)25(23)5-2/h8-9,11-15,17,24H,4-7,10,16H2,1-3H3. The molecule has 0 saturated heterocycles. The first-order valence-electron chi connectivity index (χ1n) is 10.0. The van der Waals surface area contributed by atoms with Crippen molar-refractivity contribution in [2.45, 2.75) is 52.1 Å². The van der Waals surface area contributed by atoms with Gasteiger partial charge in [-0.05, 0) is 44.5 Å². The van der Waals surface area contributed by atoms with Gasteiger partial charge in [-0.3, -0.25) is 4.79 Å². The zero-order valence-electron chi connectivity index (χ0n) is 16.6. The summed E-state index contributed by atoms with van der Waals surface area (Å²) in [4.78, 5) is 14.9. The van der Waals surface area contributed by atoms with Crippen molar-refractivity contribution < 1.29 is 9.53 Å². The van der Waals surface area contributed by atoms with Crippen LogP contribution in [0.25, 0.3) is 0 Å². The molecule has 1 atom stereocenters. The number of para-hydroxylation sites is 1. The van der Waals surface area contributed by atoms with Crippen molar-refractivity contribution in [3.63, 3.8) is 0 Å². The fourth-order valence-electron chi connectivity index (χ4n) is 3.75. The van der Waals surface area contributed by atoms with Crippen LogP contribution in [0.1, 0.15) is 62.4 Å². The van der Waals surface area contributed by atoms with Crippen LogP contribution in [-0.4, -0.2) is 24.0 Å². The van der Waals surface area contributed by atoms with E-state index in [4.69, 9.17) is 4.74 Å². The maximum atomic E-state index is 13.0. The van der Waals surface area contributed by atoms with Gasteiger partial charge in [0, 0.05) is 17.8 Å². The number of carbonyl (C=O) groups is 1. The molecule has 0 aromatic heterocycles. The summed E-state index contributed by atoms with van der Waals surface area (Å²) in [5, 5.41) is 3.58. The summed E-state index contributed by atoms with van der Waals surface area (Å²) >= 11 is 0. The molecule has 4 nitrogen and oxygen atoms in total. The Bertz CT molecular complexity index is 789. The number of anilines is 1. The van der Waals surface area contributed by atoms with Crippen LogP contribution in [0.4, 0.5) is 5.69 Å². The Morgan fingerprint density at radius 2 is 1.85 bits per heavy atom. The van der Waals surface area contributed by atoms with Gasteiger partial charge in [0.05, 0.1) is 12.2 Å². The highest BCUT2D eigenvalue weighted by atomic mass is 16.5. The largest absolute Gasteiger partial charge is 0.494 e. The molecule has 144 valence electrons. The third-order valence-corrected chi connectivity index (χ3v) is 5.30. The van der Waals surface area contributed by atoms with Crippen LogP contribution in [0, 0.1) is 0 Å². The number of rotatable bonds is 8. The van der Waals surface area contributed by atoms with Crippen LogP contribution in [0.2, 0.25) is 0 Å². The third-order valence-electron chi connectivity index (χ3n) is 5.30. The van der Waals surface area contributed by atoms with Gasteiger partial charge >= 0.3 is 0 Å². The number of nitrogens with zero attached hydrogens (tertiary/aromatic N) is 1. The van der Waals surface area contributed by atoms with Crippen molar-refractivity contribution in [3.8, 4) is 5.75 Å². The van der Waals surface area contributed by atoms with Gasteiger partial charge < -0.3 is 15.0 Å². The predicted octanol–water partition coefficient (Wildman–Crippen LogP) is 5.41. The first-order chi connectivity index (χ1) is 13.1. The number of amides is 1. The summed E-state index contributed by atoms with van der Waals surface area (Å²) in [6.45, 7) is 7.64. The second kappa shape index (κ2) is 8.47. The Labute approximate surface area is 162 Å². The van der Waals surface area contributed by atoms with Crippen LogP contribution < -0.4 is 10.1 Å². The Kier molecular flexibility index (Phi) is 6.04. The fourth-order valence-corrected chi connectivity index (χ4v) is 3.75. The monoisotopic (exact) mass is 366 g/mol. The van der Waals surface area contributed by atoms with Gasteiger partial charge in [0.1, 0.15) is 11.4 Å². The lowest BCUT2D eigenvalue weighted by molar-refractivity contribution is 0.0552. The molecular formula is C23H30N2O2. The molecule has 0 fully saturated rings.